The molecule has 170 valence electrons. The minimum Gasteiger partial charge on any atom is -0.495 e. The Hall–Kier alpha value is -4.00. The lowest BCUT2D eigenvalue weighted by atomic mass is 10.1. The van der Waals surface area contributed by atoms with Crippen LogP contribution in [-0.4, -0.2) is 35.6 Å². The van der Waals surface area contributed by atoms with Crippen LogP contribution >= 0.6 is 23.4 Å². The van der Waals surface area contributed by atoms with Crippen LogP contribution in [0.15, 0.2) is 63.9 Å². The normalized spacial score (nSPS) is 14.4. The molecule has 10 heteroatoms. The first-order valence-electron chi connectivity index (χ1n) is 9.87. The fourth-order valence-electron chi connectivity index (χ4n) is 3.22. The van der Waals surface area contributed by atoms with Crippen LogP contribution in [0, 0.1) is 11.3 Å². The highest BCUT2D eigenvalue weighted by atomic mass is 35.5. The van der Waals surface area contributed by atoms with Gasteiger partial charge in [0.05, 0.1) is 28.7 Å². The third-order valence-electron chi connectivity index (χ3n) is 4.82. The lowest BCUT2D eigenvalue weighted by molar-refractivity contribution is -0.127. The van der Waals surface area contributed by atoms with Gasteiger partial charge in [0, 0.05) is 17.3 Å². The summed E-state index contributed by atoms with van der Waals surface area (Å²) in [5.41, 5.74) is 1.47. The van der Waals surface area contributed by atoms with E-state index in [1.165, 1.54) is 19.3 Å². The summed E-state index contributed by atoms with van der Waals surface area (Å²) in [5.74, 6) is 0.0881. The highest BCUT2D eigenvalue weighted by Gasteiger charge is 2.36. The van der Waals surface area contributed by atoms with Gasteiger partial charge in [-0.25, -0.2) is 0 Å². The number of hydrogen-bond donors (Lipinski definition) is 1. The van der Waals surface area contributed by atoms with Gasteiger partial charge in [0.25, 0.3) is 11.1 Å². The average molecular weight is 494 g/mol. The molecule has 1 N–H and O–H groups in total. The summed E-state index contributed by atoms with van der Waals surface area (Å²) in [6.45, 7) is -0.454. The molecule has 0 unspecified atom stereocenters. The number of carbonyl (C=O) groups is 3. The second-order valence-corrected chi connectivity index (χ2v) is 8.43. The van der Waals surface area contributed by atoms with Gasteiger partial charge in [0.1, 0.15) is 23.8 Å². The highest BCUT2D eigenvalue weighted by molar-refractivity contribution is 8.18. The van der Waals surface area contributed by atoms with E-state index in [4.69, 9.17) is 20.8 Å². The molecule has 0 spiro atoms. The first-order chi connectivity index (χ1) is 16.4. The Bertz CT molecular complexity index is 1370. The molecule has 0 radical (unpaired) electrons. The minimum absolute atomic E-state index is 0.125. The Labute approximate surface area is 203 Å². The van der Waals surface area contributed by atoms with Gasteiger partial charge in [-0.3, -0.25) is 19.3 Å². The maximum absolute atomic E-state index is 12.7. The Morgan fingerprint density at radius 2 is 2.03 bits per heavy atom. The van der Waals surface area contributed by atoms with E-state index in [0.717, 1.165) is 4.90 Å². The number of nitrogens with zero attached hydrogens (tertiary/aromatic N) is 2. The fraction of sp³-hybridized carbons (Fsp3) is 0.0833. The molecule has 2 aromatic carbocycles. The first kappa shape index (κ1) is 23.2. The van der Waals surface area contributed by atoms with Crippen LogP contribution < -0.4 is 10.1 Å². The van der Waals surface area contributed by atoms with Crippen molar-refractivity contribution >= 4 is 52.2 Å². The molecule has 0 saturated carbocycles. The summed E-state index contributed by atoms with van der Waals surface area (Å²) >= 11 is 6.77. The number of benzene rings is 2. The van der Waals surface area contributed by atoms with E-state index >= 15 is 0 Å². The fourth-order valence-corrected chi connectivity index (χ4v) is 4.30. The number of thioether (sulfide) groups is 1. The van der Waals surface area contributed by atoms with E-state index in [2.05, 4.69) is 11.4 Å². The Morgan fingerprint density at radius 3 is 2.76 bits per heavy atom. The molecule has 0 aliphatic carbocycles. The lowest BCUT2D eigenvalue weighted by Crippen LogP contribution is -2.36. The highest BCUT2D eigenvalue weighted by Crippen LogP contribution is 2.34. The summed E-state index contributed by atoms with van der Waals surface area (Å²) in [6.07, 6.45) is 1.44. The smallest absolute Gasteiger partial charge is 0.294 e. The number of nitrogens with one attached hydrogen (secondary N) is 1. The Morgan fingerprint density at radius 1 is 1.24 bits per heavy atom. The second-order valence-electron chi connectivity index (χ2n) is 7.02. The topological polar surface area (TPSA) is 113 Å². The van der Waals surface area contributed by atoms with Crippen molar-refractivity contribution in [3.8, 4) is 23.1 Å². The van der Waals surface area contributed by atoms with Crippen molar-refractivity contribution < 1.29 is 23.5 Å². The van der Waals surface area contributed by atoms with Crippen LogP contribution in [0.5, 0.6) is 5.75 Å². The number of rotatable bonds is 6. The van der Waals surface area contributed by atoms with E-state index in [1.54, 1.807) is 48.5 Å². The SMILES string of the molecule is COc1ccc(NC(=O)CN2C(=O)S/C(=C/c3ccc(-c4ccccc4C#N)o3)C2=O)cc1Cl. The quantitative estimate of drug-likeness (QED) is 0.472. The lowest BCUT2D eigenvalue weighted by Gasteiger charge is -2.13. The number of furan rings is 1. The maximum atomic E-state index is 12.7. The number of methoxy groups -OCH3 is 1. The number of halogens is 1. The van der Waals surface area contributed by atoms with Crippen molar-refractivity contribution in [2.24, 2.45) is 0 Å². The van der Waals surface area contributed by atoms with Crippen molar-refractivity contribution in [1.29, 1.82) is 5.26 Å². The molecule has 34 heavy (non-hydrogen) atoms. The van der Waals surface area contributed by atoms with Gasteiger partial charge >= 0.3 is 0 Å². The summed E-state index contributed by atoms with van der Waals surface area (Å²) in [7, 11) is 1.47. The van der Waals surface area contributed by atoms with E-state index in [-0.39, 0.29) is 4.91 Å². The van der Waals surface area contributed by atoms with Crippen molar-refractivity contribution in [3.63, 3.8) is 0 Å². The zero-order valence-corrected chi connectivity index (χ0v) is 19.3. The average Bonchev–Trinajstić information content (AvgIpc) is 3.39. The van der Waals surface area contributed by atoms with Crippen LogP contribution in [0.2, 0.25) is 5.02 Å². The van der Waals surface area contributed by atoms with E-state index < -0.39 is 23.6 Å². The van der Waals surface area contributed by atoms with Gasteiger partial charge in [0.15, 0.2) is 0 Å². The molecule has 1 aromatic heterocycles. The third kappa shape index (κ3) is 4.83. The van der Waals surface area contributed by atoms with Crippen LogP contribution in [0.4, 0.5) is 10.5 Å². The molecule has 1 aliphatic heterocycles. The van der Waals surface area contributed by atoms with Gasteiger partial charge in [-0.15, -0.1) is 0 Å². The maximum Gasteiger partial charge on any atom is 0.294 e. The summed E-state index contributed by atoms with van der Waals surface area (Å²) in [6, 6.07) is 17.1. The number of anilines is 1. The molecule has 1 aliphatic rings. The predicted octanol–water partition coefficient (Wildman–Crippen LogP) is 5.16. The third-order valence-corrected chi connectivity index (χ3v) is 6.03. The summed E-state index contributed by atoms with van der Waals surface area (Å²) < 4.78 is 10.8. The molecule has 1 fully saturated rings. The van der Waals surface area contributed by atoms with E-state index in [9.17, 15) is 19.6 Å². The zero-order chi connectivity index (χ0) is 24.2. The predicted molar refractivity (Wildman–Crippen MR) is 128 cm³/mol. The van der Waals surface area contributed by atoms with Crippen LogP contribution in [0.25, 0.3) is 17.4 Å². The molecule has 4 rings (SSSR count). The zero-order valence-electron chi connectivity index (χ0n) is 17.7. The van der Waals surface area contributed by atoms with Crippen LogP contribution in [0.3, 0.4) is 0 Å². The van der Waals surface area contributed by atoms with Gasteiger partial charge in [-0.05, 0) is 54.2 Å². The molecular formula is C24H16ClN3O5S. The number of hydrogen-bond acceptors (Lipinski definition) is 7. The molecule has 3 aromatic rings. The minimum atomic E-state index is -0.603. The molecule has 0 atom stereocenters. The van der Waals surface area contributed by atoms with Crippen molar-refractivity contribution in [2.45, 2.75) is 0 Å². The Kier molecular flexibility index (Phi) is 6.72. The molecule has 2 heterocycles. The van der Waals surface area contributed by atoms with Crippen molar-refractivity contribution in [3.05, 3.63) is 75.8 Å². The van der Waals surface area contributed by atoms with Gasteiger partial charge in [0.2, 0.25) is 5.91 Å². The van der Waals surface area contributed by atoms with Gasteiger partial charge < -0.3 is 14.5 Å². The Balaban J connectivity index is 1.46. The number of ether oxygens (including phenoxy) is 1. The number of amides is 3. The summed E-state index contributed by atoms with van der Waals surface area (Å²) in [4.78, 5) is 38.5. The first-order valence-corrected chi connectivity index (χ1v) is 11.1. The number of nitriles is 1. The molecule has 1 saturated heterocycles. The number of carbonyl (C=O) groups excluding carboxylic acids is 3. The van der Waals surface area contributed by atoms with Crippen molar-refractivity contribution in [2.75, 3.05) is 19.0 Å². The van der Waals surface area contributed by atoms with Crippen molar-refractivity contribution in [1.82, 2.24) is 4.90 Å². The van der Waals surface area contributed by atoms with Crippen LogP contribution in [0.1, 0.15) is 11.3 Å². The standard InChI is InChI=1S/C24H16ClN3O5S/c1-32-20-8-6-15(10-18(20)25)27-22(29)13-28-23(30)21(34-24(28)31)11-16-7-9-19(33-16)17-5-3-2-4-14(17)12-26/h2-11H,13H2,1H3,(H,27,29)/b21-11+. The molecular weight excluding hydrogens is 478 g/mol. The van der Waals surface area contributed by atoms with Crippen LogP contribution in [-0.2, 0) is 9.59 Å². The molecule has 3 amide bonds. The van der Waals surface area contributed by atoms with Gasteiger partial charge in [-0.2, -0.15) is 5.26 Å². The number of imide groups is 1. The molecule has 0 bridgehead atoms. The monoisotopic (exact) mass is 493 g/mol. The molecule has 8 nitrogen and oxygen atoms in total. The largest absolute Gasteiger partial charge is 0.495 e. The van der Waals surface area contributed by atoms with Gasteiger partial charge in [-0.1, -0.05) is 23.7 Å². The second kappa shape index (κ2) is 9.87. The van der Waals surface area contributed by atoms with E-state index in [1.807, 2.05) is 0 Å². The van der Waals surface area contributed by atoms with E-state index in [0.29, 0.717) is 50.9 Å². The summed E-state index contributed by atoms with van der Waals surface area (Å²) in [5, 5.41) is 11.6.